The van der Waals surface area contributed by atoms with Crippen molar-refractivity contribution < 1.29 is 9.59 Å². The van der Waals surface area contributed by atoms with Crippen LogP contribution in [0.2, 0.25) is 0 Å². The van der Waals surface area contributed by atoms with Gasteiger partial charge in [-0.1, -0.05) is 20.8 Å². The number of ketones is 2. The lowest BCUT2D eigenvalue weighted by atomic mass is 9.49. The Bertz CT molecular complexity index is 316. The average molecular weight is 208 g/mol. The van der Waals surface area contributed by atoms with Gasteiger partial charge in [-0.2, -0.15) is 0 Å². The first-order valence-corrected chi connectivity index (χ1v) is 5.93. The van der Waals surface area contributed by atoms with Crippen LogP contribution in [-0.2, 0) is 9.59 Å². The van der Waals surface area contributed by atoms with Crippen LogP contribution in [0.5, 0.6) is 0 Å². The molecule has 0 aromatic heterocycles. The number of fused-ring (bicyclic) bond motifs is 1. The smallest absolute Gasteiger partial charge is 0.139 e. The van der Waals surface area contributed by atoms with Gasteiger partial charge in [0.15, 0.2) is 0 Å². The minimum Gasteiger partial charge on any atom is -0.300 e. The number of carbonyl (C=O) groups is 2. The lowest BCUT2D eigenvalue weighted by molar-refractivity contribution is -0.154. The molecule has 2 aliphatic carbocycles. The fourth-order valence-corrected chi connectivity index (χ4v) is 3.54. The SMILES string of the molecule is CC1(C)CC(=O)C[C@@H]2CCCC(=O)[C@@]21C. The van der Waals surface area contributed by atoms with Gasteiger partial charge in [-0.15, -0.1) is 0 Å². The van der Waals surface area contributed by atoms with Crippen LogP contribution in [0.4, 0.5) is 0 Å². The molecule has 84 valence electrons. The van der Waals surface area contributed by atoms with Crippen molar-refractivity contribution in [2.75, 3.05) is 0 Å². The molecule has 15 heavy (non-hydrogen) atoms. The molecular formula is C13H20O2. The fraction of sp³-hybridized carbons (Fsp3) is 0.846. The van der Waals surface area contributed by atoms with E-state index in [0.717, 1.165) is 12.8 Å². The average Bonchev–Trinajstić information content (AvgIpc) is 2.10. The summed E-state index contributed by atoms with van der Waals surface area (Å²) in [5.41, 5.74) is -0.399. The third kappa shape index (κ3) is 1.37. The molecule has 0 amide bonds. The Hall–Kier alpha value is -0.660. The van der Waals surface area contributed by atoms with Crippen molar-refractivity contribution in [2.45, 2.75) is 52.9 Å². The van der Waals surface area contributed by atoms with E-state index in [0.29, 0.717) is 36.7 Å². The van der Waals surface area contributed by atoms with E-state index in [-0.39, 0.29) is 10.8 Å². The van der Waals surface area contributed by atoms with Gasteiger partial charge < -0.3 is 0 Å². The van der Waals surface area contributed by atoms with Crippen LogP contribution in [0.1, 0.15) is 52.9 Å². The lowest BCUT2D eigenvalue weighted by Gasteiger charge is -2.53. The zero-order valence-corrected chi connectivity index (χ0v) is 9.93. The summed E-state index contributed by atoms with van der Waals surface area (Å²) in [6, 6.07) is 0. The molecule has 0 bridgehead atoms. The molecule has 0 radical (unpaired) electrons. The maximum absolute atomic E-state index is 12.2. The standard InChI is InChI=1S/C13H20O2/c1-12(2)8-10(14)7-9-5-4-6-11(15)13(9,12)3/h9H,4-8H2,1-3H3/t9-,13+/m0/s1. The lowest BCUT2D eigenvalue weighted by Crippen LogP contribution is -2.54. The highest BCUT2D eigenvalue weighted by atomic mass is 16.1. The second-order valence-electron chi connectivity index (χ2n) is 6.02. The largest absolute Gasteiger partial charge is 0.300 e. The molecule has 0 aliphatic heterocycles. The Morgan fingerprint density at radius 3 is 2.53 bits per heavy atom. The van der Waals surface area contributed by atoms with Crippen LogP contribution in [0.15, 0.2) is 0 Å². The predicted octanol–water partition coefficient (Wildman–Crippen LogP) is 2.75. The molecule has 0 heterocycles. The Labute approximate surface area is 91.4 Å². The first kappa shape index (κ1) is 10.8. The van der Waals surface area contributed by atoms with Crippen molar-refractivity contribution in [1.82, 2.24) is 0 Å². The summed E-state index contributed by atoms with van der Waals surface area (Å²) in [4.78, 5) is 23.8. The number of carbonyl (C=O) groups excluding carboxylic acids is 2. The summed E-state index contributed by atoms with van der Waals surface area (Å²) in [6.45, 7) is 6.26. The monoisotopic (exact) mass is 208 g/mol. The second-order valence-corrected chi connectivity index (χ2v) is 6.02. The zero-order chi connectivity index (χ0) is 11.3. The van der Waals surface area contributed by atoms with Crippen molar-refractivity contribution in [3.8, 4) is 0 Å². The van der Waals surface area contributed by atoms with Crippen LogP contribution in [0.25, 0.3) is 0 Å². The van der Waals surface area contributed by atoms with Gasteiger partial charge in [-0.25, -0.2) is 0 Å². The van der Waals surface area contributed by atoms with E-state index in [2.05, 4.69) is 20.8 Å². The zero-order valence-electron chi connectivity index (χ0n) is 9.93. The Kier molecular flexibility index (Phi) is 2.29. The molecule has 2 nitrogen and oxygen atoms in total. The normalized spacial score (nSPS) is 40.1. The molecular weight excluding hydrogens is 188 g/mol. The van der Waals surface area contributed by atoms with E-state index in [1.54, 1.807) is 0 Å². The van der Waals surface area contributed by atoms with Crippen molar-refractivity contribution in [3.63, 3.8) is 0 Å². The molecule has 2 aliphatic rings. The van der Waals surface area contributed by atoms with E-state index in [4.69, 9.17) is 0 Å². The summed E-state index contributed by atoms with van der Waals surface area (Å²) in [7, 11) is 0. The van der Waals surface area contributed by atoms with Gasteiger partial charge in [0.1, 0.15) is 11.6 Å². The second kappa shape index (κ2) is 3.16. The highest BCUT2D eigenvalue weighted by Crippen LogP contribution is 2.56. The minimum absolute atomic E-state index is 0.148. The summed E-state index contributed by atoms with van der Waals surface area (Å²) in [5, 5.41) is 0. The van der Waals surface area contributed by atoms with Gasteiger partial charge in [0.2, 0.25) is 0 Å². The maximum atomic E-state index is 12.2. The molecule has 2 saturated carbocycles. The molecule has 0 aromatic rings. The third-order valence-corrected chi connectivity index (χ3v) is 4.87. The topological polar surface area (TPSA) is 34.1 Å². The molecule has 2 heteroatoms. The van der Waals surface area contributed by atoms with E-state index < -0.39 is 0 Å². The minimum atomic E-state index is -0.251. The van der Waals surface area contributed by atoms with Gasteiger partial charge in [-0.05, 0) is 24.2 Å². The fourth-order valence-electron chi connectivity index (χ4n) is 3.54. The van der Waals surface area contributed by atoms with E-state index >= 15 is 0 Å². The summed E-state index contributed by atoms with van der Waals surface area (Å²) >= 11 is 0. The molecule has 2 atom stereocenters. The van der Waals surface area contributed by atoms with Crippen molar-refractivity contribution in [1.29, 1.82) is 0 Å². The summed E-state index contributed by atoms with van der Waals surface area (Å²) in [6.07, 6.45) is 3.95. The summed E-state index contributed by atoms with van der Waals surface area (Å²) < 4.78 is 0. The number of Topliss-reactive ketones (excluding diaryl/α,β-unsaturated/α-hetero) is 2. The molecule has 0 unspecified atom stereocenters. The highest BCUT2D eigenvalue weighted by molar-refractivity contribution is 5.91. The van der Waals surface area contributed by atoms with Crippen molar-refractivity contribution in [2.24, 2.45) is 16.7 Å². The Morgan fingerprint density at radius 1 is 1.20 bits per heavy atom. The van der Waals surface area contributed by atoms with Gasteiger partial charge in [0.05, 0.1) is 0 Å². The van der Waals surface area contributed by atoms with E-state index in [9.17, 15) is 9.59 Å². The first-order valence-electron chi connectivity index (χ1n) is 5.93. The van der Waals surface area contributed by atoms with Crippen LogP contribution in [0.3, 0.4) is 0 Å². The van der Waals surface area contributed by atoms with Gasteiger partial charge in [0.25, 0.3) is 0 Å². The van der Waals surface area contributed by atoms with Crippen LogP contribution in [0, 0.1) is 16.7 Å². The molecule has 0 saturated heterocycles. The molecule has 2 rings (SSSR count). The number of rotatable bonds is 0. The van der Waals surface area contributed by atoms with Gasteiger partial charge in [0, 0.05) is 24.7 Å². The Balaban J connectivity index is 2.42. The first-order chi connectivity index (χ1) is 6.88. The third-order valence-electron chi connectivity index (χ3n) is 4.87. The number of hydrogen-bond donors (Lipinski definition) is 0. The van der Waals surface area contributed by atoms with Crippen LogP contribution < -0.4 is 0 Å². The quantitative estimate of drug-likeness (QED) is 0.613. The van der Waals surface area contributed by atoms with Crippen molar-refractivity contribution >= 4 is 11.6 Å². The van der Waals surface area contributed by atoms with Crippen LogP contribution >= 0.6 is 0 Å². The predicted molar refractivity (Wildman–Crippen MR) is 58.5 cm³/mol. The summed E-state index contributed by atoms with van der Waals surface area (Å²) in [5.74, 6) is 1.03. The van der Waals surface area contributed by atoms with E-state index in [1.165, 1.54) is 0 Å². The molecule has 0 N–H and O–H groups in total. The van der Waals surface area contributed by atoms with Gasteiger partial charge in [-0.3, -0.25) is 9.59 Å². The molecule has 0 spiro atoms. The molecule has 0 aromatic carbocycles. The number of hydrogen-bond acceptors (Lipinski definition) is 2. The van der Waals surface area contributed by atoms with Crippen LogP contribution in [-0.4, -0.2) is 11.6 Å². The molecule has 2 fully saturated rings. The maximum Gasteiger partial charge on any atom is 0.139 e. The van der Waals surface area contributed by atoms with E-state index in [1.807, 2.05) is 0 Å². The highest BCUT2D eigenvalue weighted by Gasteiger charge is 2.56. The van der Waals surface area contributed by atoms with Crippen molar-refractivity contribution in [3.05, 3.63) is 0 Å². The Morgan fingerprint density at radius 2 is 1.87 bits per heavy atom. The van der Waals surface area contributed by atoms with Gasteiger partial charge >= 0.3 is 0 Å².